The van der Waals surface area contributed by atoms with Crippen LogP contribution in [0.1, 0.15) is 48.4 Å². The Morgan fingerprint density at radius 2 is 1.60 bits per heavy atom. The Morgan fingerprint density at radius 1 is 0.950 bits per heavy atom. The van der Waals surface area contributed by atoms with Crippen molar-refractivity contribution in [3.05, 3.63) is 71.3 Å². The van der Waals surface area contributed by atoms with E-state index in [-0.39, 0.29) is 0 Å². The average Bonchev–Trinajstić information content (AvgIpc) is 2.44. The lowest BCUT2D eigenvalue weighted by Gasteiger charge is -2.38. The van der Waals surface area contributed by atoms with E-state index in [0.717, 1.165) is 5.92 Å². The van der Waals surface area contributed by atoms with Crippen molar-refractivity contribution in [2.45, 2.75) is 44.7 Å². The van der Waals surface area contributed by atoms with Gasteiger partial charge in [0.25, 0.3) is 0 Å². The zero-order valence-electron chi connectivity index (χ0n) is 12.3. The summed E-state index contributed by atoms with van der Waals surface area (Å²) in [6, 6.07) is 20.8. The highest BCUT2D eigenvalue weighted by molar-refractivity contribution is 5.27. The first-order chi connectivity index (χ1) is 9.72. The van der Waals surface area contributed by atoms with E-state index in [1.807, 2.05) is 0 Å². The first-order valence-corrected chi connectivity index (χ1v) is 7.60. The molecule has 0 bridgehead atoms. The Labute approximate surface area is 122 Å². The molecule has 1 atom stereocenters. The summed E-state index contributed by atoms with van der Waals surface area (Å²) in [5, 5.41) is 3.74. The van der Waals surface area contributed by atoms with Crippen LogP contribution in [0.2, 0.25) is 0 Å². The van der Waals surface area contributed by atoms with E-state index < -0.39 is 0 Å². The molecule has 3 rings (SSSR count). The third-order valence-corrected chi connectivity index (χ3v) is 4.47. The maximum atomic E-state index is 3.74. The normalized spacial score (nSPS) is 23.1. The van der Waals surface area contributed by atoms with Crippen LogP contribution in [0.15, 0.2) is 54.6 Å². The maximum Gasteiger partial charge on any atom is 0.0294 e. The van der Waals surface area contributed by atoms with Gasteiger partial charge < -0.3 is 5.32 Å². The first kappa shape index (κ1) is 13.4. The molecule has 2 aromatic rings. The van der Waals surface area contributed by atoms with Gasteiger partial charge >= 0.3 is 0 Å². The fourth-order valence-corrected chi connectivity index (χ4v) is 3.06. The van der Waals surface area contributed by atoms with Crippen molar-refractivity contribution in [3.63, 3.8) is 0 Å². The Bertz CT molecular complexity index is 538. The number of rotatable bonds is 4. The van der Waals surface area contributed by atoms with Crippen LogP contribution in [0, 0.1) is 6.92 Å². The van der Waals surface area contributed by atoms with Gasteiger partial charge in [-0.3, -0.25) is 0 Å². The average molecular weight is 265 g/mol. The van der Waals surface area contributed by atoms with Crippen LogP contribution in [0.25, 0.3) is 0 Å². The molecule has 20 heavy (non-hydrogen) atoms. The summed E-state index contributed by atoms with van der Waals surface area (Å²) in [7, 11) is 0. The summed E-state index contributed by atoms with van der Waals surface area (Å²) >= 11 is 0. The minimum Gasteiger partial charge on any atom is -0.307 e. The minimum atomic E-state index is 0.445. The lowest BCUT2D eigenvalue weighted by molar-refractivity contribution is 0.271. The highest BCUT2D eigenvalue weighted by Gasteiger charge is 2.30. The maximum absolute atomic E-state index is 3.74. The fourth-order valence-electron chi connectivity index (χ4n) is 3.06. The molecule has 0 spiro atoms. The molecule has 1 aliphatic carbocycles. The fraction of sp³-hybridized carbons (Fsp3) is 0.368. The van der Waals surface area contributed by atoms with Crippen LogP contribution in [-0.4, -0.2) is 6.04 Å². The Balaban J connectivity index is 1.52. The molecule has 0 aromatic heterocycles. The second-order valence-electron chi connectivity index (χ2n) is 6.07. The molecule has 0 saturated heterocycles. The topological polar surface area (TPSA) is 12.0 Å². The monoisotopic (exact) mass is 265 g/mol. The second kappa shape index (κ2) is 5.80. The molecule has 0 heterocycles. The first-order valence-electron chi connectivity index (χ1n) is 7.60. The number of hydrogen-bond donors (Lipinski definition) is 1. The predicted molar refractivity (Wildman–Crippen MR) is 84.9 cm³/mol. The standard InChI is InChI=1S/C19H23N/c1-14-8-10-17(11-9-14)18-12-19(13-18)20-15(2)16-6-4-3-5-7-16/h3-11,15,18-20H,12-13H2,1-2H3/t15-,18?,19?/m0/s1. The summed E-state index contributed by atoms with van der Waals surface area (Å²) < 4.78 is 0. The smallest absolute Gasteiger partial charge is 0.0294 e. The van der Waals surface area contributed by atoms with Crippen LogP contribution in [0.3, 0.4) is 0 Å². The molecule has 0 aliphatic heterocycles. The molecule has 1 fully saturated rings. The largest absolute Gasteiger partial charge is 0.307 e. The SMILES string of the molecule is Cc1ccc(C2CC(N[C@@H](C)c3ccccc3)C2)cc1. The number of aryl methyl sites for hydroxylation is 1. The highest BCUT2D eigenvalue weighted by atomic mass is 15.0. The number of hydrogen-bond acceptors (Lipinski definition) is 1. The third kappa shape index (κ3) is 2.94. The molecule has 0 amide bonds. The molecule has 1 saturated carbocycles. The third-order valence-electron chi connectivity index (χ3n) is 4.47. The lowest BCUT2D eigenvalue weighted by atomic mass is 9.75. The quantitative estimate of drug-likeness (QED) is 0.852. The zero-order chi connectivity index (χ0) is 13.9. The second-order valence-corrected chi connectivity index (χ2v) is 6.07. The van der Waals surface area contributed by atoms with E-state index in [1.165, 1.54) is 29.5 Å². The van der Waals surface area contributed by atoms with Crippen molar-refractivity contribution in [1.82, 2.24) is 5.32 Å². The van der Waals surface area contributed by atoms with Gasteiger partial charge in [-0.1, -0.05) is 60.2 Å². The van der Waals surface area contributed by atoms with Crippen LogP contribution in [-0.2, 0) is 0 Å². The molecule has 0 radical (unpaired) electrons. The van der Waals surface area contributed by atoms with Crippen LogP contribution < -0.4 is 5.32 Å². The Morgan fingerprint density at radius 3 is 2.25 bits per heavy atom. The molecule has 2 aromatic carbocycles. The molecular weight excluding hydrogens is 242 g/mol. The number of nitrogens with one attached hydrogen (secondary N) is 1. The summed E-state index contributed by atoms with van der Waals surface area (Å²) in [6.07, 6.45) is 2.53. The van der Waals surface area contributed by atoms with Crippen molar-refractivity contribution in [2.75, 3.05) is 0 Å². The predicted octanol–water partition coefficient (Wildman–Crippen LogP) is 4.59. The van der Waals surface area contributed by atoms with Gasteiger partial charge in [-0.25, -0.2) is 0 Å². The van der Waals surface area contributed by atoms with Gasteiger partial charge in [-0.15, -0.1) is 0 Å². The van der Waals surface area contributed by atoms with E-state index in [9.17, 15) is 0 Å². The lowest BCUT2D eigenvalue weighted by Crippen LogP contribution is -2.41. The molecule has 1 nitrogen and oxygen atoms in total. The van der Waals surface area contributed by atoms with Crippen LogP contribution in [0.5, 0.6) is 0 Å². The number of benzene rings is 2. The van der Waals surface area contributed by atoms with Gasteiger partial charge in [0.2, 0.25) is 0 Å². The van der Waals surface area contributed by atoms with Crippen molar-refractivity contribution in [3.8, 4) is 0 Å². The van der Waals surface area contributed by atoms with Crippen LogP contribution >= 0.6 is 0 Å². The van der Waals surface area contributed by atoms with E-state index in [1.54, 1.807) is 0 Å². The Kier molecular flexibility index (Phi) is 3.88. The van der Waals surface area contributed by atoms with E-state index in [4.69, 9.17) is 0 Å². The van der Waals surface area contributed by atoms with Crippen molar-refractivity contribution >= 4 is 0 Å². The van der Waals surface area contributed by atoms with Crippen molar-refractivity contribution in [2.24, 2.45) is 0 Å². The zero-order valence-corrected chi connectivity index (χ0v) is 12.3. The van der Waals surface area contributed by atoms with Gasteiger partial charge in [0.1, 0.15) is 0 Å². The van der Waals surface area contributed by atoms with Gasteiger partial charge in [0.05, 0.1) is 0 Å². The molecule has 104 valence electrons. The van der Waals surface area contributed by atoms with E-state index >= 15 is 0 Å². The van der Waals surface area contributed by atoms with Crippen molar-refractivity contribution < 1.29 is 0 Å². The highest BCUT2D eigenvalue weighted by Crippen LogP contribution is 2.37. The summed E-state index contributed by atoms with van der Waals surface area (Å²) in [6.45, 7) is 4.41. The van der Waals surface area contributed by atoms with Crippen LogP contribution in [0.4, 0.5) is 0 Å². The summed E-state index contributed by atoms with van der Waals surface area (Å²) in [5.74, 6) is 0.746. The summed E-state index contributed by atoms with van der Waals surface area (Å²) in [4.78, 5) is 0. The van der Waals surface area contributed by atoms with Gasteiger partial charge in [0, 0.05) is 12.1 Å². The van der Waals surface area contributed by atoms with E-state index in [0.29, 0.717) is 12.1 Å². The molecule has 1 heteroatoms. The van der Waals surface area contributed by atoms with Crippen molar-refractivity contribution in [1.29, 1.82) is 0 Å². The molecular formula is C19H23N. The van der Waals surface area contributed by atoms with Gasteiger partial charge in [-0.2, -0.15) is 0 Å². The minimum absolute atomic E-state index is 0.445. The Hall–Kier alpha value is -1.60. The van der Waals surface area contributed by atoms with Gasteiger partial charge in [-0.05, 0) is 43.7 Å². The van der Waals surface area contributed by atoms with E-state index in [2.05, 4.69) is 73.8 Å². The summed E-state index contributed by atoms with van der Waals surface area (Å²) in [5.41, 5.74) is 4.23. The molecule has 0 unspecified atom stereocenters. The molecule has 1 aliphatic rings. The van der Waals surface area contributed by atoms with Gasteiger partial charge in [0.15, 0.2) is 0 Å². The molecule has 1 N–H and O–H groups in total.